The van der Waals surface area contributed by atoms with Crippen LogP contribution in [0.15, 0.2) is 29.3 Å². The third kappa shape index (κ3) is 8.77. The molecular weight excluding hydrogens is 483 g/mol. The number of halogens is 1. The number of guanidine groups is 1. The van der Waals surface area contributed by atoms with Crippen LogP contribution in [-0.4, -0.2) is 63.8 Å². The van der Waals surface area contributed by atoms with E-state index in [9.17, 15) is 4.79 Å². The molecule has 1 heterocycles. The van der Waals surface area contributed by atoms with Gasteiger partial charge in [-0.05, 0) is 57.0 Å². The molecule has 0 amide bonds. The Kier molecular flexibility index (Phi) is 12.7. The van der Waals surface area contributed by atoms with Crippen LogP contribution in [0.25, 0.3) is 0 Å². The Morgan fingerprint density at radius 1 is 1.21 bits per heavy atom. The first-order chi connectivity index (χ1) is 13.7. The van der Waals surface area contributed by atoms with E-state index in [2.05, 4.69) is 32.7 Å². The Morgan fingerprint density at radius 3 is 2.48 bits per heavy atom. The SMILES string of the molecule is CCOC(=O)CCCNC(=NC)NCC(c1ccc(OC)cc1)N1CCCC1.I. The van der Waals surface area contributed by atoms with Gasteiger partial charge in [0.1, 0.15) is 5.75 Å². The van der Waals surface area contributed by atoms with Gasteiger partial charge in [0.05, 0.1) is 19.8 Å². The lowest BCUT2D eigenvalue weighted by Crippen LogP contribution is -2.43. The molecule has 29 heavy (non-hydrogen) atoms. The minimum atomic E-state index is -0.152. The molecule has 0 spiro atoms. The largest absolute Gasteiger partial charge is 0.497 e. The molecule has 0 aliphatic carbocycles. The standard InChI is InChI=1S/C21H34N4O3.HI/c1-4-28-20(26)8-7-13-23-21(22-2)24-16-19(25-14-5-6-15-25)17-9-11-18(27-3)12-10-17;/h9-12,19H,4-8,13-16H2,1-3H3,(H2,22,23,24);1H. The molecule has 2 rings (SSSR count). The molecule has 1 saturated heterocycles. The number of methoxy groups -OCH3 is 1. The number of nitrogens with zero attached hydrogens (tertiary/aromatic N) is 2. The van der Waals surface area contributed by atoms with Crippen molar-refractivity contribution >= 4 is 35.9 Å². The fourth-order valence-corrected chi connectivity index (χ4v) is 3.42. The molecule has 0 radical (unpaired) electrons. The van der Waals surface area contributed by atoms with Crippen molar-refractivity contribution in [1.29, 1.82) is 0 Å². The van der Waals surface area contributed by atoms with E-state index >= 15 is 0 Å². The topological polar surface area (TPSA) is 75.2 Å². The summed E-state index contributed by atoms with van der Waals surface area (Å²) in [6, 6.07) is 8.59. The zero-order valence-corrected chi connectivity index (χ0v) is 20.1. The Hall–Kier alpha value is -1.55. The van der Waals surface area contributed by atoms with Gasteiger partial charge in [-0.2, -0.15) is 0 Å². The Balaban J connectivity index is 0.00000420. The van der Waals surface area contributed by atoms with Gasteiger partial charge in [-0.1, -0.05) is 12.1 Å². The molecule has 1 aromatic carbocycles. The van der Waals surface area contributed by atoms with E-state index in [-0.39, 0.29) is 36.0 Å². The van der Waals surface area contributed by atoms with Crippen LogP contribution in [0.4, 0.5) is 0 Å². The van der Waals surface area contributed by atoms with Crippen molar-refractivity contribution in [3.05, 3.63) is 29.8 Å². The molecule has 1 aliphatic rings. The lowest BCUT2D eigenvalue weighted by molar-refractivity contribution is -0.143. The number of esters is 1. The average molecular weight is 518 g/mol. The number of hydrogen-bond acceptors (Lipinski definition) is 5. The van der Waals surface area contributed by atoms with Gasteiger partial charge in [-0.3, -0.25) is 14.7 Å². The maximum Gasteiger partial charge on any atom is 0.305 e. The number of aliphatic imine (C=N–C) groups is 1. The van der Waals surface area contributed by atoms with Crippen LogP contribution in [0.5, 0.6) is 5.75 Å². The highest BCUT2D eigenvalue weighted by Crippen LogP contribution is 2.26. The van der Waals surface area contributed by atoms with Crippen molar-refractivity contribution in [3.63, 3.8) is 0 Å². The van der Waals surface area contributed by atoms with Gasteiger partial charge >= 0.3 is 5.97 Å². The summed E-state index contributed by atoms with van der Waals surface area (Å²) < 4.78 is 10.2. The van der Waals surface area contributed by atoms with Crippen LogP contribution in [0.2, 0.25) is 0 Å². The predicted octanol–water partition coefficient (Wildman–Crippen LogP) is 2.96. The van der Waals surface area contributed by atoms with Gasteiger partial charge in [-0.25, -0.2) is 0 Å². The molecule has 0 aromatic heterocycles. The third-order valence-corrected chi connectivity index (χ3v) is 4.92. The van der Waals surface area contributed by atoms with Crippen LogP contribution in [0.3, 0.4) is 0 Å². The minimum Gasteiger partial charge on any atom is -0.497 e. The van der Waals surface area contributed by atoms with Gasteiger partial charge in [0.25, 0.3) is 0 Å². The van der Waals surface area contributed by atoms with E-state index < -0.39 is 0 Å². The Labute approximate surface area is 191 Å². The smallest absolute Gasteiger partial charge is 0.305 e. The van der Waals surface area contributed by atoms with Crippen LogP contribution < -0.4 is 15.4 Å². The summed E-state index contributed by atoms with van der Waals surface area (Å²) in [6.45, 7) is 5.92. The first kappa shape index (κ1) is 25.5. The number of hydrogen-bond donors (Lipinski definition) is 2. The van der Waals surface area contributed by atoms with Crippen molar-refractivity contribution in [2.24, 2.45) is 4.99 Å². The number of carbonyl (C=O) groups excluding carboxylic acids is 1. The van der Waals surface area contributed by atoms with Crippen molar-refractivity contribution in [2.45, 2.75) is 38.6 Å². The summed E-state index contributed by atoms with van der Waals surface area (Å²) in [6.07, 6.45) is 3.62. The number of likely N-dealkylation sites (tertiary alicyclic amines) is 1. The van der Waals surface area contributed by atoms with Gasteiger partial charge in [-0.15, -0.1) is 24.0 Å². The van der Waals surface area contributed by atoms with E-state index in [1.54, 1.807) is 14.2 Å². The lowest BCUT2D eigenvalue weighted by atomic mass is 10.1. The van der Waals surface area contributed by atoms with Gasteiger partial charge in [0, 0.05) is 26.6 Å². The molecule has 0 bridgehead atoms. The normalized spacial score (nSPS) is 15.3. The first-order valence-corrected chi connectivity index (χ1v) is 10.2. The van der Waals surface area contributed by atoms with E-state index in [4.69, 9.17) is 9.47 Å². The number of nitrogens with one attached hydrogen (secondary N) is 2. The maximum absolute atomic E-state index is 11.4. The van der Waals surface area contributed by atoms with Crippen molar-refractivity contribution < 1.29 is 14.3 Å². The summed E-state index contributed by atoms with van der Waals surface area (Å²) in [5.74, 6) is 1.47. The highest BCUT2D eigenvalue weighted by molar-refractivity contribution is 14.0. The summed E-state index contributed by atoms with van der Waals surface area (Å²) in [7, 11) is 3.45. The molecule has 8 heteroatoms. The monoisotopic (exact) mass is 518 g/mol. The second-order valence-corrected chi connectivity index (χ2v) is 6.82. The predicted molar refractivity (Wildman–Crippen MR) is 127 cm³/mol. The molecule has 1 aromatic rings. The fraction of sp³-hybridized carbons (Fsp3) is 0.619. The summed E-state index contributed by atoms with van der Waals surface area (Å²) in [5.41, 5.74) is 1.27. The highest BCUT2D eigenvalue weighted by Gasteiger charge is 2.23. The molecule has 164 valence electrons. The molecular formula is C21H35IN4O3. The third-order valence-electron chi connectivity index (χ3n) is 4.92. The number of benzene rings is 1. The van der Waals surface area contributed by atoms with E-state index in [1.165, 1.54) is 18.4 Å². The van der Waals surface area contributed by atoms with Crippen molar-refractivity contribution in [3.8, 4) is 5.75 Å². The molecule has 1 fully saturated rings. The van der Waals surface area contributed by atoms with Crippen molar-refractivity contribution in [1.82, 2.24) is 15.5 Å². The van der Waals surface area contributed by atoms with Crippen LogP contribution in [0.1, 0.15) is 44.2 Å². The molecule has 1 unspecified atom stereocenters. The summed E-state index contributed by atoms with van der Waals surface area (Å²) in [5, 5.41) is 6.71. The van der Waals surface area contributed by atoms with Gasteiger partial charge in [0.15, 0.2) is 5.96 Å². The average Bonchev–Trinajstić information content (AvgIpc) is 3.25. The quantitative estimate of drug-likeness (QED) is 0.163. The highest BCUT2D eigenvalue weighted by atomic mass is 127. The Bertz CT molecular complexity index is 619. The zero-order chi connectivity index (χ0) is 20.2. The number of rotatable bonds is 10. The van der Waals surface area contributed by atoms with Crippen LogP contribution in [-0.2, 0) is 9.53 Å². The second kappa shape index (κ2) is 14.4. The van der Waals surface area contributed by atoms with E-state index in [0.29, 0.717) is 26.0 Å². The fourth-order valence-electron chi connectivity index (χ4n) is 3.42. The van der Waals surface area contributed by atoms with Crippen molar-refractivity contribution in [2.75, 3.05) is 46.9 Å². The second-order valence-electron chi connectivity index (χ2n) is 6.82. The first-order valence-electron chi connectivity index (χ1n) is 10.2. The van der Waals surface area contributed by atoms with Crippen LogP contribution >= 0.6 is 24.0 Å². The molecule has 0 saturated carbocycles. The van der Waals surface area contributed by atoms with Gasteiger partial charge < -0.3 is 20.1 Å². The minimum absolute atomic E-state index is 0. The summed E-state index contributed by atoms with van der Waals surface area (Å²) >= 11 is 0. The molecule has 1 aliphatic heterocycles. The van der Waals surface area contributed by atoms with E-state index in [0.717, 1.165) is 31.3 Å². The zero-order valence-electron chi connectivity index (χ0n) is 17.8. The molecule has 7 nitrogen and oxygen atoms in total. The van der Waals surface area contributed by atoms with Gasteiger partial charge in [0.2, 0.25) is 0 Å². The number of carbonyl (C=O) groups is 1. The lowest BCUT2D eigenvalue weighted by Gasteiger charge is -2.29. The van der Waals surface area contributed by atoms with E-state index in [1.807, 2.05) is 19.1 Å². The number of ether oxygens (including phenoxy) is 2. The molecule has 2 N–H and O–H groups in total. The Morgan fingerprint density at radius 2 is 1.90 bits per heavy atom. The summed E-state index contributed by atoms with van der Waals surface area (Å²) in [4.78, 5) is 18.2. The molecule has 1 atom stereocenters. The maximum atomic E-state index is 11.4. The van der Waals surface area contributed by atoms with Crippen LogP contribution in [0, 0.1) is 0 Å².